The monoisotopic (exact) mass is 407 g/mol. The van der Waals surface area contributed by atoms with E-state index < -0.39 is 5.82 Å². The highest BCUT2D eigenvalue weighted by molar-refractivity contribution is 6.01. The lowest BCUT2D eigenvalue weighted by molar-refractivity contribution is 0.0378. The molecule has 3 heterocycles. The summed E-state index contributed by atoms with van der Waals surface area (Å²) in [4.78, 5) is 20.0. The van der Waals surface area contributed by atoms with Gasteiger partial charge in [-0.2, -0.15) is 4.52 Å². The van der Waals surface area contributed by atoms with E-state index >= 15 is 0 Å². The smallest absolute Gasteiger partial charge is 0.282 e. The molecule has 5 rings (SSSR count). The summed E-state index contributed by atoms with van der Waals surface area (Å²) in [6.07, 6.45) is 0.949. The number of benzene rings is 2. The molecule has 1 saturated heterocycles. The number of nitrogens with one attached hydrogen (secondary N) is 1. The van der Waals surface area contributed by atoms with Crippen LogP contribution in [0.15, 0.2) is 47.3 Å². The Hall–Kier alpha value is -3.10. The molecule has 0 aliphatic carbocycles. The van der Waals surface area contributed by atoms with Crippen LogP contribution in [0.1, 0.15) is 6.42 Å². The van der Waals surface area contributed by atoms with Crippen molar-refractivity contribution in [1.29, 1.82) is 0 Å². The number of halogens is 1. The van der Waals surface area contributed by atoms with Crippen LogP contribution in [0.5, 0.6) is 0 Å². The van der Waals surface area contributed by atoms with Crippen molar-refractivity contribution in [3.05, 3.63) is 58.6 Å². The fourth-order valence-corrected chi connectivity index (χ4v) is 3.92. The quantitative estimate of drug-likeness (QED) is 0.312. The lowest BCUT2D eigenvalue weighted by atomic mass is 10.1. The first-order chi connectivity index (χ1) is 14.7. The molecular weight excluding hydrogens is 385 g/mol. The number of anilines is 1. The van der Waals surface area contributed by atoms with Gasteiger partial charge in [0.2, 0.25) is 0 Å². The van der Waals surface area contributed by atoms with Gasteiger partial charge in [0.15, 0.2) is 11.5 Å². The molecule has 1 aliphatic rings. The zero-order valence-corrected chi connectivity index (χ0v) is 16.5. The minimum absolute atomic E-state index is 0.216. The van der Waals surface area contributed by atoms with Crippen LogP contribution in [0.3, 0.4) is 0 Å². The summed E-state index contributed by atoms with van der Waals surface area (Å²) in [7, 11) is 0. The number of ether oxygens (including phenoxy) is 1. The summed E-state index contributed by atoms with van der Waals surface area (Å²) >= 11 is 0. The van der Waals surface area contributed by atoms with E-state index in [2.05, 4.69) is 20.3 Å². The van der Waals surface area contributed by atoms with Crippen LogP contribution >= 0.6 is 0 Å². The number of hydrogen-bond acceptors (Lipinski definition) is 6. The molecule has 1 N–H and O–H groups in total. The molecule has 0 atom stereocenters. The van der Waals surface area contributed by atoms with Gasteiger partial charge in [0.05, 0.1) is 24.1 Å². The Morgan fingerprint density at radius 3 is 2.70 bits per heavy atom. The highest BCUT2D eigenvalue weighted by atomic mass is 19.1. The molecule has 1 fully saturated rings. The topological polar surface area (TPSA) is 71.8 Å². The molecule has 4 aromatic rings. The zero-order valence-electron chi connectivity index (χ0n) is 16.5. The van der Waals surface area contributed by atoms with Crippen LogP contribution in [0.2, 0.25) is 0 Å². The van der Waals surface area contributed by atoms with Crippen LogP contribution in [-0.4, -0.2) is 58.9 Å². The molecule has 0 amide bonds. The van der Waals surface area contributed by atoms with Crippen molar-refractivity contribution in [3.63, 3.8) is 0 Å². The molecule has 0 radical (unpaired) electrons. The maximum Gasteiger partial charge on any atom is 0.282 e. The molecular formula is C22H22FN5O2. The van der Waals surface area contributed by atoms with Crippen molar-refractivity contribution in [2.24, 2.45) is 0 Å². The van der Waals surface area contributed by atoms with Crippen LogP contribution in [0.4, 0.5) is 10.2 Å². The number of aromatic nitrogens is 3. The van der Waals surface area contributed by atoms with E-state index in [9.17, 15) is 9.18 Å². The molecule has 0 saturated carbocycles. The first-order valence-electron chi connectivity index (χ1n) is 10.2. The maximum absolute atomic E-state index is 13.7. The Morgan fingerprint density at radius 2 is 1.87 bits per heavy atom. The van der Waals surface area contributed by atoms with Crippen molar-refractivity contribution < 1.29 is 9.13 Å². The average molecular weight is 407 g/mol. The first-order valence-corrected chi connectivity index (χ1v) is 10.2. The van der Waals surface area contributed by atoms with E-state index in [0.29, 0.717) is 17.0 Å². The molecule has 30 heavy (non-hydrogen) atoms. The van der Waals surface area contributed by atoms with E-state index in [1.165, 1.54) is 22.7 Å². The maximum atomic E-state index is 13.7. The van der Waals surface area contributed by atoms with Crippen LogP contribution in [-0.2, 0) is 4.74 Å². The third kappa shape index (κ3) is 3.48. The third-order valence-electron chi connectivity index (χ3n) is 5.48. The van der Waals surface area contributed by atoms with E-state index in [1.54, 1.807) is 0 Å². The second kappa shape index (κ2) is 7.97. The zero-order chi connectivity index (χ0) is 20.5. The second-order valence-corrected chi connectivity index (χ2v) is 7.44. The lowest BCUT2D eigenvalue weighted by Crippen LogP contribution is -2.37. The number of nitrogens with zero attached hydrogens (tertiary/aromatic N) is 4. The molecule has 0 spiro atoms. The van der Waals surface area contributed by atoms with Gasteiger partial charge in [0, 0.05) is 30.4 Å². The summed E-state index contributed by atoms with van der Waals surface area (Å²) in [6, 6.07) is 11.8. The highest BCUT2D eigenvalue weighted by Crippen LogP contribution is 2.24. The van der Waals surface area contributed by atoms with E-state index in [0.717, 1.165) is 56.6 Å². The Balaban J connectivity index is 1.51. The largest absolute Gasteiger partial charge is 0.379 e. The van der Waals surface area contributed by atoms with Gasteiger partial charge in [-0.15, -0.1) is 5.10 Å². The minimum atomic E-state index is -0.469. The molecule has 2 aromatic heterocycles. The Kier molecular flexibility index (Phi) is 5.02. The summed E-state index contributed by atoms with van der Waals surface area (Å²) in [5.41, 5.74) is 0.546. The van der Waals surface area contributed by atoms with Crippen LogP contribution < -0.4 is 10.9 Å². The minimum Gasteiger partial charge on any atom is -0.379 e. The number of fused-ring (bicyclic) bond motifs is 4. The Bertz CT molecular complexity index is 1280. The summed E-state index contributed by atoms with van der Waals surface area (Å²) in [5, 5.41) is 9.86. The van der Waals surface area contributed by atoms with E-state index in [-0.39, 0.29) is 10.9 Å². The predicted molar refractivity (Wildman–Crippen MR) is 115 cm³/mol. The summed E-state index contributed by atoms with van der Waals surface area (Å²) in [6.45, 7) is 5.20. The fourth-order valence-electron chi connectivity index (χ4n) is 3.92. The predicted octanol–water partition coefficient (Wildman–Crippen LogP) is 2.67. The first kappa shape index (κ1) is 18.9. The normalized spacial score (nSPS) is 15.2. The molecule has 0 unspecified atom stereocenters. The van der Waals surface area contributed by atoms with Gasteiger partial charge in [-0.25, -0.2) is 9.37 Å². The third-order valence-corrected chi connectivity index (χ3v) is 5.48. The molecule has 8 heteroatoms. The van der Waals surface area contributed by atoms with Crippen molar-refractivity contribution >= 4 is 33.1 Å². The van der Waals surface area contributed by atoms with E-state index in [4.69, 9.17) is 4.74 Å². The number of hydrogen-bond donors (Lipinski definition) is 1. The highest BCUT2D eigenvalue weighted by Gasteiger charge is 2.14. The van der Waals surface area contributed by atoms with Gasteiger partial charge in [0.1, 0.15) is 5.82 Å². The van der Waals surface area contributed by atoms with Crippen LogP contribution in [0, 0.1) is 5.82 Å². The molecule has 154 valence electrons. The van der Waals surface area contributed by atoms with E-state index in [1.807, 2.05) is 24.3 Å². The molecule has 2 aromatic carbocycles. The van der Waals surface area contributed by atoms with Gasteiger partial charge < -0.3 is 10.1 Å². The van der Waals surface area contributed by atoms with Gasteiger partial charge in [0.25, 0.3) is 5.56 Å². The summed E-state index contributed by atoms with van der Waals surface area (Å²) < 4.78 is 20.3. The number of morpholine rings is 1. The second-order valence-electron chi connectivity index (χ2n) is 7.44. The number of rotatable bonds is 5. The van der Waals surface area contributed by atoms with Crippen molar-refractivity contribution in [3.8, 4) is 0 Å². The molecule has 1 aliphatic heterocycles. The average Bonchev–Trinajstić information content (AvgIpc) is 2.78. The van der Waals surface area contributed by atoms with Crippen molar-refractivity contribution in [2.45, 2.75) is 6.42 Å². The van der Waals surface area contributed by atoms with Gasteiger partial charge in [-0.3, -0.25) is 9.69 Å². The molecule has 0 bridgehead atoms. The van der Waals surface area contributed by atoms with Crippen molar-refractivity contribution in [2.75, 3.05) is 44.7 Å². The molecule has 7 nitrogen and oxygen atoms in total. The Labute approximate surface area is 172 Å². The van der Waals surface area contributed by atoms with Gasteiger partial charge in [-0.1, -0.05) is 24.3 Å². The summed E-state index contributed by atoms with van der Waals surface area (Å²) in [5.74, 6) is 0.156. The van der Waals surface area contributed by atoms with Gasteiger partial charge in [-0.05, 0) is 31.2 Å². The SMILES string of the molecule is O=c1c2cc(F)ccc2nc2c3ccccc3c(NCCCN3CCOCC3)nn12. The van der Waals surface area contributed by atoms with Gasteiger partial charge >= 0.3 is 0 Å². The Morgan fingerprint density at radius 1 is 1.07 bits per heavy atom. The van der Waals surface area contributed by atoms with Crippen LogP contribution in [0.25, 0.3) is 27.3 Å². The fraction of sp³-hybridized carbons (Fsp3) is 0.318. The standard InChI is InChI=1S/C22H22FN5O2/c23-15-6-7-19-18(14-15)22(29)28-21(25-19)17-5-2-1-4-16(17)20(26-28)24-8-3-9-27-10-12-30-13-11-27/h1-2,4-7,14H,3,8-13H2,(H,24,26). The lowest BCUT2D eigenvalue weighted by Gasteiger charge is -2.26. The van der Waals surface area contributed by atoms with Crippen molar-refractivity contribution in [1.82, 2.24) is 19.5 Å².